The van der Waals surface area contributed by atoms with Gasteiger partial charge in [-0.05, 0) is 23.5 Å². The Balaban J connectivity index is 2.42. The fourth-order valence-electron chi connectivity index (χ4n) is 1.36. The summed E-state index contributed by atoms with van der Waals surface area (Å²) in [6.45, 7) is 0. The van der Waals surface area contributed by atoms with E-state index < -0.39 is 0 Å². The fourth-order valence-corrected chi connectivity index (χ4v) is 2.96. The summed E-state index contributed by atoms with van der Waals surface area (Å²) in [6.07, 6.45) is 2.26. The summed E-state index contributed by atoms with van der Waals surface area (Å²) in [5, 5.41) is 0. The van der Waals surface area contributed by atoms with E-state index in [0.29, 0.717) is 0 Å². The molecule has 0 fully saturated rings. The molecule has 1 aromatic carbocycles. The fraction of sp³-hybridized carbons (Fsp3) is 0.250. The van der Waals surface area contributed by atoms with E-state index in [1.165, 1.54) is 11.1 Å². The quantitative estimate of drug-likeness (QED) is 0.389. The van der Waals surface area contributed by atoms with E-state index >= 15 is 0 Å². The molecule has 0 saturated carbocycles. The number of rotatable bonds is 0. The van der Waals surface area contributed by atoms with Crippen LogP contribution in [0.15, 0.2) is 24.3 Å². The summed E-state index contributed by atoms with van der Waals surface area (Å²) in [5.74, 6) is 0. The topological polar surface area (TPSA) is 0 Å². The molecule has 1 aliphatic rings. The summed E-state index contributed by atoms with van der Waals surface area (Å²) in [5.41, 5.74) is 2.94. The van der Waals surface area contributed by atoms with Crippen LogP contribution in [0.3, 0.4) is 0 Å². The van der Waals surface area contributed by atoms with E-state index in [-0.39, 0.29) is 7.80 Å². The molecule has 2 heteroatoms. The minimum atomic E-state index is -0.192. The Bertz CT molecular complexity index is 222. The van der Waals surface area contributed by atoms with E-state index in [9.17, 15) is 0 Å². The molecule has 0 saturated heterocycles. The first kappa shape index (κ1) is 6.43. The van der Waals surface area contributed by atoms with Crippen LogP contribution >= 0.6 is 7.80 Å². The van der Waals surface area contributed by atoms with Crippen LogP contribution < -0.4 is 0 Å². The van der Waals surface area contributed by atoms with E-state index in [1.807, 2.05) is 0 Å². The molecule has 0 amide bonds. The maximum Gasteiger partial charge on any atom is -0.0438 e. The third kappa shape index (κ3) is 0.993. The van der Waals surface area contributed by atoms with E-state index in [4.69, 9.17) is 7.57 Å². The van der Waals surface area contributed by atoms with Crippen LogP contribution in [0.4, 0.5) is 0 Å². The van der Waals surface area contributed by atoms with Crippen LogP contribution in [-0.2, 0) is 12.3 Å². The Morgan fingerprint density at radius 3 is 2.10 bits per heavy atom. The van der Waals surface area contributed by atoms with Crippen molar-refractivity contribution in [1.29, 1.82) is 0 Å². The van der Waals surface area contributed by atoms with Crippen molar-refractivity contribution in [3.63, 3.8) is 0 Å². The molecule has 0 nitrogen and oxygen atoms in total. The van der Waals surface area contributed by atoms with Gasteiger partial charge in [0.1, 0.15) is 0 Å². The molecule has 0 spiro atoms. The third-order valence-electron chi connectivity index (χ3n) is 1.87. The van der Waals surface area contributed by atoms with Gasteiger partial charge in [-0.1, -0.05) is 24.3 Å². The second kappa shape index (κ2) is 2.40. The van der Waals surface area contributed by atoms with Gasteiger partial charge in [-0.15, -0.1) is 0 Å². The minimum Gasteiger partial charge on any atom is -0.578 e. The minimum absolute atomic E-state index is 0.192. The Hall–Kier alpha value is -0.285. The SMILES string of the molecule is [B-]P1Cc2ccccc2C1. The lowest BCUT2D eigenvalue weighted by Gasteiger charge is -2.16. The second-order valence-corrected chi connectivity index (χ2v) is 4.48. The molecule has 10 heavy (non-hydrogen) atoms. The highest BCUT2D eigenvalue weighted by atomic mass is 31.1. The second-order valence-electron chi connectivity index (χ2n) is 2.67. The highest BCUT2D eigenvalue weighted by molar-refractivity contribution is 7.81. The van der Waals surface area contributed by atoms with Gasteiger partial charge in [0.25, 0.3) is 0 Å². The molecule has 3 radical (unpaired) electrons. The Morgan fingerprint density at radius 1 is 1.10 bits per heavy atom. The molecule has 1 heterocycles. The summed E-state index contributed by atoms with van der Waals surface area (Å²) in [6, 6.07) is 8.55. The lowest BCUT2D eigenvalue weighted by Crippen LogP contribution is -1.77. The van der Waals surface area contributed by atoms with Gasteiger partial charge in [0.05, 0.1) is 0 Å². The van der Waals surface area contributed by atoms with Crippen molar-refractivity contribution in [2.45, 2.75) is 12.3 Å². The highest BCUT2D eigenvalue weighted by Crippen LogP contribution is 2.45. The predicted molar refractivity (Wildman–Crippen MR) is 46.5 cm³/mol. The van der Waals surface area contributed by atoms with Crippen LogP contribution in [-0.4, -0.2) is 7.57 Å². The molecule has 2 rings (SSSR count). The Kier molecular flexibility index (Phi) is 1.54. The van der Waals surface area contributed by atoms with Gasteiger partial charge in [0.15, 0.2) is 0 Å². The third-order valence-corrected chi connectivity index (χ3v) is 3.36. The number of hydrogen-bond acceptors (Lipinski definition) is 0. The molecule has 1 aliphatic heterocycles. The molecule has 0 aromatic heterocycles. The summed E-state index contributed by atoms with van der Waals surface area (Å²) >= 11 is 0. The van der Waals surface area contributed by atoms with Crippen molar-refractivity contribution in [3.8, 4) is 0 Å². The van der Waals surface area contributed by atoms with Crippen molar-refractivity contribution >= 4 is 15.4 Å². The molecular formula is C8H8BP-. The van der Waals surface area contributed by atoms with Gasteiger partial charge in [-0.3, -0.25) is 0 Å². The summed E-state index contributed by atoms with van der Waals surface area (Å²) < 4.78 is 0. The molecule has 1 aromatic rings. The van der Waals surface area contributed by atoms with Crippen molar-refractivity contribution in [1.82, 2.24) is 0 Å². The average molecular weight is 146 g/mol. The largest absolute Gasteiger partial charge is 0.578 e. The highest BCUT2D eigenvalue weighted by Gasteiger charge is 2.07. The zero-order valence-corrected chi connectivity index (χ0v) is 6.64. The molecule has 0 aliphatic carbocycles. The number of fused-ring (bicyclic) bond motifs is 1. The van der Waals surface area contributed by atoms with Crippen molar-refractivity contribution < 1.29 is 0 Å². The molecular weight excluding hydrogens is 138 g/mol. The van der Waals surface area contributed by atoms with Crippen molar-refractivity contribution in [2.24, 2.45) is 0 Å². The maximum absolute atomic E-state index is 5.85. The van der Waals surface area contributed by atoms with Crippen molar-refractivity contribution in [2.75, 3.05) is 0 Å². The number of benzene rings is 1. The lowest BCUT2D eigenvalue weighted by atomic mass is 10.1. The summed E-state index contributed by atoms with van der Waals surface area (Å²) in [7, 11) is 5.66. The molecule has 0 atom stereocenters. The first-order valence-electron chi connectivity index (χ1n) is 3.43. The Morgan fingerprint density at radius 2 is 1.60 bits per heavy atom. The molecule has 0 unspecified atom stereocenters. The molecule has 0 N–H and O–H groups in total. The predicted octanol–water partition coefficient (Wildman–Crippen LogP) is 2.27. The first-order chi connectivity index (χ1) is 4.86. The van der Waals surface area contributed by atoms with E-state index in [0.717, 1.165) is 12.3 Å². The van der Waals surface area contributed by atoms with Gasteiger partial charge in [0.2, 0.25) is 0 Å². The van der Waals surface area contributed by atoms with Gasteiger partial charge >= 0.3 is 0 Å². The average Bonchev–Trinajstić information content (AvgIpc) is 2.27. The van der Waals surface area contributed by atoms with Crippen LogP contribution in [0.25, 0.3) is 0 Å². The molecule has 49 valence electrons. The van der Waals surface area contributed by atoms with Crippen LogP contribution in [0, 0.1) is 0 Å². The standard InChI is InChI=1S/C8H8BP/c9-10-5-7-3-1-2-4-8(7)6-10/h1-4H,5-6H2/q-1. The monoisotopic (exact) mass is 146 g/mol. The van der Waals surface area contributed by atoms with Crippen LogP contribution in [0.2, 0.25) is 0 Å². The zero-order valence-electron chi connectivity index (χ0n) is 5.75. The Labute approximate surface area is 63.8 Å². The van der Waals surface area contributed by atoms with Crippen LogP contribution in [0.5, 0.6) is 0 Å². The van der Waals surface area contributed by atoms with Gasteiger partial charge in [-0.25, -0.2) is 0 Å². The smallest absolute Gasteiger partial charge is 0.0438 e. The van der Waals surface area contributed by atoms with Gasteiger partial charge in [0, 0.05) is 0 Å². The summed E-state index contributed by atoms with van der Waals surface area (Å²) in [4.78, 5) is 0. The van der Waals surface area contributed by atoms with Crippen molar-refractivity contribution in [3.05, 3.63) is 35.4 Å². The molecule has 0 bridgehead atoms. The zero-order chi connectivity index (χ0) is 6.97. The first-order valence-corrected chi connectivity index (χ1v) is 5.21. The van der Waals surface area contributed by atoms with Gasteiger partial charge < -0.3 is 15.4 Å². The maximum atomic E-state index is 5.85. The number of hydrogen-bond donors (Lipinski definition) is 0. The van der Waals surface area contributed by atoms with E-state index in [1.54, 1.807) is 0 Å². The lowest BCUT2D eigenvalue weighted by molar-refractivity contribution is 1.35. The van der Waals surface area contributed by atoms with E-state index in [2.05, 4.69) is 24.3 Å². The van der Waals surface area contributed by atoms with Gasteiger partial charge in [-0.2, -0.15) is 0 Å². The normalized spacial score (nSPS) is 17.3. The van der Waals surface area contributed by atoms with Crippen LogP contribution in [0.1, 0.15) is 11.1 Å².